The number of carbonyl (C=O) groups excluding carboxylic acids is 1. The third-order valence-electron chi connectivity index (χ3n) is 3.92. The maximum Gasteiger partial charge on any atom is 0.308 e. The molecule has 0 heterocycles. The van der Waals surface area contributed by atoms with E-state index >= 15 is 0 Å². The highest BCUT2D eigenvalue weighted by molar-refractivity contribution is 5.69. The molecule has 0 radical (unpaired) electrons. The number of nitrogens with two attached hydrogens (primary N) is 1. The maximum absolute atomic E-state index is 11.5. The Bertz CT molecular complexity index is 364. The van der Waals surface area contributed by atoms with E-state index in [4.69, 9.17) is 29.4 Å². The fourth-order valence-electron chi connectivity index (χ4n) is 2.74. The summed E-state index contributed by atoms with van der Waals surface area (Å²) in [6.07, 6.45) is 5.05. The van der Waals surface area contributed by atoms with Crippen molar-refractivity contribution in [3.05, 3.63) is 0 Å². The summed E-state index contributed by atoms with van der Waals surface area (Å²) in [6.45, 7) is 9.24. The molecule has 1 saturated carbocycles. The van der Waals surface area contributed by atoms with Gasteiger partial charge in [-0.1, -0.05) is 0 Å². The number of carbonyl (C=O) groups is 1. The zero-order chi connectivity index (χ0) is 19.3. The first kappa shape index (κ1) is 23.3. The fourth-order valence-corrected chi connectivity index (χ4v) is 2.74. The first-order chi connectivity index (χ1) is 12.4. The van der Waals surface area contributed by atoms with Crippen molar-refractivity contribution in [2.75, 3.05) is 46.2 Å². The first-order valence-corrected chi connectivity index (χ1v) is 9.71. The van der Waals surface area contributed by atoms with Crippen LogP contribution in [0.4, 0.5) is 0 Å². The molecule has 1 rings (SSSR count). The van der Waals surface area contributed by atoms with Crippen LogP contribution in [0.2, 0.25) is 0 Å². The third kappa shape index (κ3) is 12.6. The molecule has 0 aliphatic heterocycles. The summed E-state index contributed by atoms with van der Waals surface area (Å²) in [4.78, 5) is 11.5. The van der Waals surface area contributed by atoms with Crippen LogP contribution in [0.5, 0.6) is 0 Å². The zero-order valence-electron chi connectivity index (χ0n) is 16.7. The van der Waals surface area contributed by atoms with E-state index in [0.29, 0.717) is 58.4 Å². The number of ether oxygens (including phenoxy) is 5. The topological polar surface area (TPSA) is 89.2 Å². The van der Waals surface area contributed by atoms with Gasteiger partial charge >= 0.3 is 5.97 Å². The first-order valence-electron chi connectivity index (χ1n) is 9.71. The van der Waals surface area contributed by atoms with Crippen molar-refractivity contribution in [1.29, 1.82) is 0 Å². The average Bonchev–Trinajstić information content (AvgIpc) is 2.58. The van der Waals surface area contributed by atoms with Gasteiger partial charge in [-0.3, -0.25) is 4.79 Å². The molecule has 154 valence electrons. The summed E-state index contributed by atoms with van der Waals surface area (Å²) in [5.74, 6) is -0.241. The molecule has 1 aliphatic rings. The standard InChI is InChI=1S/C19H37NO6/c1-19(2,3)26-18(21)8-10-22-12-13-23-14-15-25-17-6-4-16(5-7-17)24-11-9-20/h16-17H,4-15,20H2,1-3H3. The highest BCUT2D eigenvalue weighted by Crippen LogP contribution is 2.23. The van der Waals surface area contributed by atoms with Gasteiger partial charge in [0.25, 0.3) is 0 Å². The lowest BCUT2D eigenvalue weighted by Gasteiger charge is -2.28. The number of hydrogen-bond donors (Lipinski definition) is 1. The van der Waals surface area contributed by atoms with Crippen molar-refractivity contribution in [3.8, 4) is 0 Å². The molecule has 26 heavy (non-hydrogen) atoms. The van der Waals surface area contributed by atoms with Crippen LogP contribution in [0.1, 0.15) is 52.9 Å². The molecule has 1 fully saturated rings. The fraction of sp³-hybridized carbons (Fsp3) is 0.947. The normalized spacial score (nSPS) is 20.9. The highest BCUT2D eigenvalue weighted by atomic mass is 16.6. The van der Waals surface area contributed by atoms with Crippen LogP contribution >= 0.6 is 0 Å². The Morgan fingerprint density at radius 1 is 0.846 bits per heavy atom. The second kappa shape index (κ2) is 13.4. The zero-order valence-corrected chi connectivity index (χ0v) is 16.7. The van der Waals surface area contributed by atoms with E-state index in [1.54, 1.807) is 0 Å². The Hall–Kier alpha value is -0.730. The number of rotatable bonds is 13. The Morgan fingerprint density at radius 2 is 1.35 bits per heavy atom. The smallest absolute Gasteiger partial charge is 0.308 e. The van der Waals surface area contributed by atoms with Crippen LogP contribution in [-0.2, 0) is 28.5 Å². The van der Waals surface area contributed by atoms with Crippen LogP contribution in [0.3, 0.4) is 0 Å². The lowest BCUT2D eigenvalue weighted by atomic mass is 9.95. The number of esters is 1. The summed E-state index contributed by atoms with van der Waals surface area (Å²) in [5, 5.41) is 0. The van der Waals surface area contributed by atoms with Gasteiger partial charge in [0.15, 0.2) is 0 Å². The van der Waals surface area contributed by atoms with Crippen LogP contribution in [0.15, 0.2) is 0 Å². The SMILES string of the molecule is CC(C)(C)OC(=O)CCOCCOCCOC1CCC(OCCN)CC1. The van der Waals surface area contributed by atoms with Crippen molar-refractivity contribution in [2.45, 2.75) is 70.7 Å². The summed E-state index contributed by atoms with van der Waals surface area (Å²) in [5.41, 5.74) is 5.00. The molecule has 0 atom stereocenters. The molecular weight excluding hydrogens is 338 g/mol. The van der Waals surface area contributed by atoms with Gasteiger partial charge in [-0.05, 0) is 46.5 Å². The largest absolute Gasteiger partial charge is 0.460 e. The molecule has 0 saturated heterocycles. The van der Waals surface area contributed by atoms with Gasteiger partial charge in [0, 0.05) is 6.54 Å². The Kier molecular flexibility index (Phi) is 12.0. The molecule has 0 aromatic carbocycles. The van der Waals surface area contributed by atoms with Crippen molar-refractivity contribution in [3.63, 3.8) is 0 Å². The van der Waals surface area contributed by atoms with E-state index in [1.165, 1.54) is 0 Å². The highest BCUT2D eigenvalue weighted by Gasteiger charge is 2.21. The van der Waals surface area contributed by atoms with Crippen LogP contribution < -0.4 is 5.73 Å². The van der Waals surface area contributed by atoms with E-state index in [0.717, 1.165) is 25.7 Å². The van der Waals surface area contributed by atoms with Crippen LogP contribution in [0.25, 0.3) is 0 Å². The molecule has 0 bridgehead atoms. The predicted octanol–water partition coefficient (Wildman–Crippen LogP) is 2.05. The summed E-state index contributed by atoms with van der Waals surface area (Å²) >= 11 is 0. The molecule has 0 aromatic rings. The lowest BCUT2D eigenvalue weighted by Crippen LogP contribution is -2.28. The minimum Gasteiger partial charge on any atom is -0.460 e. The minimum atomic E-state index is -0.447. The molecule has 0 spiro atoms. The maximum atomic E-state index is 11.5. The second-order valence-electron chi connectivity index (χ2n) is 7.49. The summed E-state index contributed by atoms with van der Waals surface area (Å²) in [7, 11) is 0. The molecular formula is C19H37NO6. The van der Waals surface area contributed by atoms with Crippen LogP contribution in [-0.4, -0.2) is 70.0 Å². The molecule has 0 amide bonds. The van der Waals surface area contributed by atoms with Gasteiger partial charge < -0.3 is 29.4 Å². The Balaban J connectivity index is 1.86. The molecule has 0 aromatic heterocycles. The van der Waals surface area contributed by atoms with Gasteiger partial charge in [-0.25, -0.2) is 0 Å². The van der Waals surface area contributed by atoms with Crippen molar-refractivity contribution < 1.29 is 28.5 Å². The lowest BCUT2D eigenvalue weighted by molar-refractivity contribution is -0.156. The van der Waals surface area contributed by atoms with Gasteiger partial charge in [0.2, 0.25) is 0 Å². The van der Waals surface area contributed by atoms with Gasteiger partial charge in [-0.15, -0.1) is 0 Å². The molecule has 0 unspecified atom stereocenters. The predicted molar refractivity (Wildman–Crippen MR) is 99.1 cm³/mol. The molecule has 7 heteroatoms. The van der Waals surface area contributed by atoms with Crippen molar-refractivity contribution >= 4 is 5.97 Å². The van der Waals surface area contributed by atoms with E-state index in [-0.39, 0.29) is 12.4 Å². The minimum absolute atomic E-state index is 0.241. The van der Waals surface area contributed by atoms with E-state index in [9.17, 15) is 4.79 Å². The van der Waals surface area contributed by atoms with Crippen molar-refractivity contribution in [2.24, 2.45) is 5.73 Å². The van der Waals surface area contributed by atoms with Gasteiger partial charge in [0.05, 0.1) is 58.3 Å². The molecule has 1 aliphatic carbocycles. The van der Waals surface area contributed by atoms with Gasteiger partial charge in [-0.2, -0.15) is 0 Å². The average molecular weight is 376 g/mol. The summed E-state index contributed by atoms with van der Waals surface area (Å²) in [6, 6.07) is 0. The van der Waals surface area contributed by atoms with Crippen LogP contribution in [0, 0.1) is 0 Å². The van der Waals surface area contributed by atoms with Crippen molar-refractivity contribution in [1.82, 2.24) is 0 Å². The van der Waals surface area contributed by atoms with E-state index in [1.807, 2.05) is 20.8 Å². The second-order valence-corrected chi connectivity index (χ2v) is 7.49. The monoisotopic (exact) mass is 375 g/mol. The Morgan fingerprint density at radius 3 is 1.88 bits per heavy atom. The number of hydrogen-bond acceptors (Lipinski definition) is 7. The Labute approximate surface area is 157 Å². The third-order valence-corrected chi connectivity index (χ3v) is 3.92. The van der Waals surface area contributed by atoms with Gasteiger partial charge in [0.1, 0.15) is 5.60 Å². The van der Waals surface area contributed by atoms with E-state index in [2.05, 4.69) is 0 Å². The summed E-state index contributed by atoms with van der Waals surface area (Å²) < 4.78 is 27.5. The molecule has 2 N–H and O–H groups in total. The quantitative estimate of drug-likeness (QED) is 0.389. The molecule has 7 nitrogen and oxygen atoms in total. The van der Waals surface area contributed by atoms with E-state index < -0.39 is 5.60 Å².